The minimum absolute atomic E-state index is 0.318. The zero-order valence-corrected chi connectivity index (χ0v) is 8.90. The smallest absolute Gasteiger partial charge is 0.126 e. The molecule has 2 rings (SSSR count). The van der Waals surface area contributed by atoms with E-state index in [1.165, 1.54) is 12.2 Å². The number of piperidine rings is 1. The van der Waals surface area contributed by atoms with E-state index in [0.29, 0.717) is 6.04 Å². The molecular weight excluding hydrogens is 176 g/mol. The summed E-state index contributed by atoms with van der Waals surface area (Å²) >= 11 is 0. The number of rotatable bonds is 1. The molecule has 0 unspecified atom stereocenters. The van der Waals surface area contributed by atoms with Crippen LogP contribution < -0.4 is 10.6 Å². The molecule has 78 valence electrons. The first kappa shape index (κ1) is 9.52. The van der Waals surface area contributed by atoms with Gasteiger partial charge in [-0.2, -0.15) is 5.10 Å². The second kappa shape index (κ2) is 3.61. The van der Waals surface area contributed by atoms with E-state index in [1.807, 2.05) is 18.7 Å². The lowest BCUT2D eigenvalue weighted by molar-refractivity contribution is 0.497. The van der Waals surface area contributed by atoms with Gasteiger partial charge in [-0.15, -0.1) is 0 Å². The second-order valence-electron chi connectivity index (χ2n) is 4.12. The van der Waals surface area contributed by atoms with Crippen LogP contribution >= 0.6 is 0 Å². The van der Waals surface area contributed by atoms with E-state index >= 15 is 0 Å². The SMILES string of the molecule is Cc1cc(N2CCC[C@H](N)C2)n(C)n1. The summed E-state index contributed by atoms with van der Waals surface area (Å²) in [5, 5.41) is 4.35. The third-order valence-electron chi connectivity index (χ3n) is 2.76. The molecule has 4 heteroatoms. The van der Waals surface area contributed by atoms with Crippen molar-refractivity contribution in [2.45, 2.75) is 25.8 Å². The van der Waals surface area contributed by atoms with Gasteiger partial charge in [-0.25, -0.2) is 0 Å². The molecule has 14 heavy (non-hydrogen) atoms. The lowest BCUT2D eigenvalue weighted by atomic mass is 10.1. The molecule has 1 atom stereocenters. The fraction of sp³-hybridized carbons (Fsp3) is 0.700. The molecule has 1 aromatic rings. The summed E-state index contributed by atoms with van der Waals surface area (Å²) in [6.45, 7) is 4.08. The average Bonchev–Trinajstić information content (AvgIpc) is 2.45. The van der Waals surface area contributed by atoms with Crippen LogP contribution in [-0.4, -0.2) is 28.9 Å². The quantitative estimate of drug-likeness (QED) is 0.714. The van der Waals surface area contributed by atoms with E-state index in [4.69, 9.17) is 5.73 Å². The molecule has 0 saturated carbocycles. The van der Waals surface area contributed by atoms with Gasteiger partial charge in [0.25, 0.3) is 0 Å². The highest BCUT2D eigenvalue weighted by Crippen LogP contribution is 2.19. The molecule has 1 saturated heterocycles. The highest BCUT2D eigenvalue weighted by Gasteiger charge is 2.19. The van der Waals surface area contributed by atoms with Crippen molar-refractivity contribution in [3.05, 3.63) is 11.8 Å². The summed E-state index contributed by atoms with van der Waals surface area (Å²) in [5.74, 6) is 1.19. The van der Waals surface area contributed by atoms with Crippen molar-refractivity contribution < 1.29 is 0 Å². The lowest BCUT2D eigenvalue weighted by Gasteiger charge is -2.32. The number of hydrogen-bond donors (Lipinski definition) is 1. The fourth-order valence-electron chi connectivity index (χ4n) is 2.11. The summed E-state index contributed by atoms with van der Waals surface area (Å²) in [6.07, 6.45) is 2.33. The van der Waals surface area contributed by atoms with Crippen molar-refractivity contribution in [1.29, 1.82) is 0 Å². The minimum Gasteiger partial charge on any atom is -0.355 e. The van der Waals surface area contributed by atoms with E-state index in [0.717, 1.165) is 25.2 Å². The Morgan fingerprint density at radius 2 is 2.36 bits per heavy atom. The fourth-order valence-corrected chi connectivity index (χ4v) is 2.11. The predicted octanol–water partition coefficient (Wildman–Crippen LogP) is 0.656. The molecule has 2 heterocycles. The predicted molar refractivity (Wildman–Crippen MR) is 57.4 cm³/mol. The van der Waals surface area contributed by atoms with Gasteiger partial charge in [-0.3, -0.25) is 4.68 Å². The normalized spacial score (nSPS) is 22.8. The number of nitrogens with zero attached hydrogens (tertiary/aromatic N) is 3. The van der Waals surface area contributed by atoms with Crippen LogP contribution in [0.3, 0.4) is 0 Å². The van der Waals surface area contributed by atoms with Crippen molar-refractivity contribution >= 4 is 5.82 Å². The molecule has 0 aromatic carbocycles. The highest BCUT2D eigenvalue weighted by atomic mass is 15.4. The summed E-state index contributed by atoms with van der Waals surface area (Å²) in [4.78, 5) is 2.33. The minimum atomic E-state index is 0.318. The molecule has 0 aliphatic carbocycles. The first-order valence-electron chi connectivity index (χ1n) is 5.18. The van der Waals surface area contributed by atoms with Gasteiger partial charge >= 0.3 is 0 Å². The maximum Gasteiger partial charge on any atom is 0.126 e. The van der Waals surface area contributed by atoms with Gasteiger partial charge in [0.05, 0.1) is 5.69 Å². The summed E-state index contributed by atoms with van der Waals surface area (Å²) in [5.41, 5.74) is 7.02. The molecule has 1 fully saturated rings. The van der Waals surface area contributed by atoms with Gasteiger partial charge in [0.2, 0.25) is 0 Å². The zero-order valence-electron chi connectivity index (χ0n) is 8.90. The second-order valence-corrected chi connectivity index (χ2v) is 4.12. The zero-order chi connectivity index (χ0) is 10.1. The Morgan fingerprint density at radius 3 is 2.93 bits per heavy atom. The van der Waals surface area contributed by atoms with Crippen LogP contribution in [0, 0.1) is 6.92 Å². The van der Waals surface area contributed by atoms with Crippen molar-refractivity contribution in [3.8, 4) is 0 Å². The molecule has 0 bridgehead atoms. The third kappa shape index (κ3) is 1.75. The van der Waals surface area contributed by atoms with E-state index in [-0.39, 0.29) is 0 Å². The highest BCUT2D eigenvalue weighted by molar-refractivity contribution is 5.41. The third-order valence-corrected chi connectivity index (χ3v) is 2.76. The Morgan fingerprint density at radius 1 is 1.57 bits per heavy atom. The van der Waals surface area contributed by atoms with Crippen LogP contribution in [-0.2, 0) is 7.05 Å². The van der Waals surface area contributed by atoms with E-state index in [2.05, 4.69) is 16.1 Å². The Labute approximate surface area is 84.7 Å². The largest absolute Gasteiger partial charge is 0.355 e. The number of aryl methyl sites for hydroxylation is 2. The van der Waals surface area contributed by atoms with Gasteiger partial charge < -0.3 is 10.6 Å². The molecule has 1 aliphatic heterocycles. The first-order chi connectivity index (χ1) is 6.66. The van der Waals surface area contributed by atoms with Gasteiger partial charge in [-0.05, 0) is 19.8 Å². The maximum atomic E-state index is 5.95. The molecule has 0 amide bonds. The monoisotopic (exact) mass is 194 g/mol. The van der Waals surface area contributed by atoms with Crippen molar-refractivity contribution in [3.63, 3.8) is 0 Å². The molecule has 4 nitrogen and oxygen atoms in total. The lowest BCUT2D eigenvalue weighted by Crippen LogP contribution is -2.43. The van der Waals surface area contributed by atoms with Crippen LogP contribution in [0.15, 0.2) is 6.07 Å². The Bertz CT molecular complexity index is 318. The Balaban J connectivity index is 2.17. The van der Waals surface area contributed by atoms with E-state index < -0.39 is 0 Å². The van der Waals surface area contributed by atoms with Crippen molar-refractivity contribution in [2.75, 3.05) is 18.0 Å². The first-order valence-corrected chi connectivity index (χ1v) is 5.18. The average molecular weight is 194 g/mol. The molecule has 0 spiro atoms. The van der Waals surface area contributed by atoms with Crippen LogP contribution in [0.5, 0.6) is 0 Å². The van der Waals surface area contributed by atoms with Crippen LogP contribution in [0.25, 0.3) is 0 Å². The van der Waals surface area contributed by atoms with Crippen molar-refractivity contribution in [1.82, 2.24) is 9.78 Å². The molecular formula is C10H18N4. The topological polar surface area (TPSA) is 47.1 Å². The standard InChI is InChI=1S/C10H18N4/c1-8-6-10(13(2)12-8)14-5-3-4-9(11)7-14/h6,9H,3-5,7,11H2,1-2H3/t9-/m0/s1. The van der Waals surface area contributed by atoms with Crippen LogP contribution in [0.1, 0.15) is 18.5 Å². The van der Waals surface area contributed by atoms with Gasteiger partial charge in [0.1, 0.15) is 5.82 Å². The summed E-state index contributed by atoms with van der Waals surface area (Å²) in [6, 6.07) is 2.44. The maximum absolute atomic E-state index is 5.95. The number of aromatic nitrogens is 2. The van der Waals surface area contributed by atoms with E-state index in [1.54, 1.807) is 0 Å². The molecule has 1 aliphatic rings. The molecule has 1 aromatic heterocycles. The Hall–Kier alpha value is -1.03. The number of hydrogen-bond acceptors (Lipinski definition) is 3. The molecule has 0 radical (unpaired) electrons. The summed E-state index contributed by atoms with van der Waals surface area (Å²) < 4.78 is 1.94. The van der Waals surface area contributed by atoms with Gasteiger partial charge in [-0.1, -0.05) is 0 Å². The Kier molecular flexibility index (Phi) is 2.46. The van der Waals surface area contributed by atoms with Crippen LogP contribution in [0.2, 0.25) is 0 Å². The van der Waals surface area contributed by atoms with Gasteiger partial charge in [0, 0.05) is 32.2 Å². The van der Waals surface area contributed by atoms with Crippen molar-refractivity contribution in [2.24, 2.45) is 12.8 Å². The number of anilines is 1. The number of nitrogens with two attached hydrogens (primary N) is 1. The van der Waals surface area contributed by atoms with Gasteiger partial charge in [0.15, 0.2) is 0 Å². The molecule has 2 N–H and O–H groups in total. The van der Waals surface area contributed by atoms with Crippen LogP contribution in [0.4, 0.5) is 5.82 Å². The summed E-state index contributed by atoms with van der Waals surface area (Å²) in [7, 11) is 1.99. The van der Waals surface area contributed by atoms with E-state index in [9.17, 15) is 0 Å².